The van der Waals surface area contributed by atoms with Crippen LogP contribution in [0.15, 0.2) is 24.5 Å². The molecule has 0 saturated carbocycles. The van der Waals surface area contributed by atoms with Crippen molar-refractivity contribution in [3.8, 4) is 17.5 Å². The van der Waals surface area contributed by atoms with Gasteiger partial charge in [0, 0.05) is 0 Å². The van der Waals surface area contributed by atoms with E-state index in [0.29, 0.717) is 23.3 Å². The van der Waals surface area contributed by atoms with E-state index in [1.54, 1.807) is 12.1 Å². The van der Waals surface area contributed by atoms with Gasteiger partial charge in [-0.1, -0.05) is 17.7 Å². The molecular formula is C13H14ClN3O2. The summed E-state index contributed by atoms with van der Waals surface area (Å²) < 4.78 is 10.9. The van der Waals surface area contributed by atoms with Gasteiger partial charge in [0.1, 0.15) is 12.1 Å². The number of nitrogens with two attached hydrogens (primary N) is 1. The number of aromatic nitrogens is 2. The van der Waals surface area contributed by atoms with Crippen LogP contribution in [0.5, 0.6) is 17.5 Å². The zero-order valence-corrected chi connectivity index (χ0v) is 11.4. The Kier molecular flexibility index (Phi) is 4.06. The third-order valence-electron chi connectivity index (χ3n) is 2.39. The number of nitrogens with zero attached hydrogens (tertiary/aromatic N) is 2. The number of hydrogen-bond donors (Lipinski definition) is 1. The summed E-state index contributed by atoms with van der Waals surface area (Å²) in [6.45, 7) is 4.26. The van der Waals surface area contributed by atoms with Gasteiger partial charge in [0.15, 0.2) is 5.69 Å². The number of anilines is 1. The van der Waals surface area contributed by atoms with Crippen LogP contribution < -0.4 is 15.2 Å². The standard InChI is InChI=1S/C13H14ClN3O2/c1-3-18-12-11(15)13(17-7-16-12)19-10-5-4-8(2)6-9(10)14/h4-7H,3,15H2,1-2H3. The number of benzene rings is 1. The molecule has 0 aliphatic heterocycles. The fourth-order valence-corrected chi connectivity index (χ4v) is 1.76. The number of rotatable bonds is 4. The molecule has 1 heterocycles. The van der Waals surface area contributed by atoms with E-state index in [9.17, 15) is 0 Å². The summed E-state index contributed by atoms with van der Waals surface area (Å²) in [6, 6.07) is 5.46. The Bertz CT molecular complexity index is 590. The van der Waals surface area contributed by atoms with E-state index in [1.165, 1.54) is 6.33 Å². The third-order valence-corrected chi connectivity index (χ3v) is 2.68. The first-order chi connectivity index (χ1) is 9.11. The molecule has 0 atom stereocenters. The molecular weight excluding hydrogens is 266 g/mol. The van der Waals surface area contributed by atoms with E-state index in [2.05, 4.69) is 9.97 Å². The predicted molar refractivity (Wildman–Crippen MR) is 73.9 cm³/mol. The largest absolute Gasteiger partial charge is 0.476 e. The van der Waals surface area contributed by atoms with Gasteiger partial charge in [0.2, 0.25) is 11.8 Å². The second-order valence-corrected chi connectivity index (χ2v) is 4.27. The average Bonchev–Trinajstić information content (AvgIpc) is 2.37. The van der Waals surface area contributed by atoms with Gasteiger partial charge in [-0.05, 0) is 31.5 Å². The van der Waals surface area contributed by atoms with E-state index in [-0.39, 0.29) is 11.6 Å². The number of nitrogen functional groups attached to an aromatic ring is 1. The zero-order chi connectivity index (χ0) is 13.8. The molecule has 100 valence electrons. The highest BCUT2D eigenvalue weighted by atomic mass is 35.5. The van der Waals surface area contributed by atoms with E-state index in [1.807, 2.05) is 19.9 Å². The summed E-state index contributed by atoms with van der Waals surface area (Å²) in [5.41, 5.74) is 7.17. The molecule has 6 heteroatoms. The molecule has 5 nitrogen and oxygen atoms in total. The quantitative estimate of drug-likeness (QED) is 0.930. The number of halogens is 1. The molecule has 0 radical (unpaired) electrons. The van der Waals surface area contributed by atoms with Crippen LogP contribution in [0.2, 0.25) is 5.02 Å². The minimum absolute atomic E-state index is 0.226. The highest BCUT2D eigenvalue weighted by Gasteiger charge is 2.12. The summed E-state index contributed by atoms with van der Waals surface area (Å²) in [7, 11) is 0. The Labute approximate surface area is 116 Å². The first-order valence-electron chi connectivity index (χ1n) is 5.79. The molecule has 1 aromatic carbocycles. The van der Waals surface area contributed by atoms with E-state index in [4.69, 9.17) is 26.8 Å². The molecule has 0 amide bonds. The minimum Gasteiger partial charge on any atom is -0.476 e. The second-order valence-electron chi connectivity index (χ2n) is 3.87. The van der Waals surface area contributed by atoms with Crippen LogP contribution in [0.1, 0.15) is 12.5 Å². The highest BCUT2D eigenvalue weighted by molar-refractivity contribution is 6.32. The normalized spacial score (nSPS) is 10.3. The summed E-state index contributed by atoms with van der Waals surface area (Å²) in [6.07, 6.45) is 1.33. The van der Waals surface area contributed by atoms with Crippen molar-refractivity contribution in [2.24, 2.45) is 0 Å². The van der Waals surface area contributed by atoms with Crippen molar-refractivity contribution in [2.45, 2.75) is 13.8 Å². The summed E-state index contributed by atoms with van der Waals surface area (Å²) in [5.74, 6) is 1.01. The molecule has 2 N–H and O–H groups in total. The number of aryl methyl sites for hydroxylation is 1. The van der Waals surface area contributed by atoms with Gasteiger partial charge in [-0.25, -0.2) is 0 Å². The second kappa shape index (κ2) is 5.75. The van der Waals surface area contributed by atoms with Gasteiger partial charge in [-0.15, -0.1) is 0 Å². The molecule has 0 saturated heterocycles. The Morgan fingerprint density at radius 2 is 2.00 bits per heavy atom. The van der Waals surface area contributed by atoms with Crippen LogP contribution in [0.25, 0.3) is 0 Å². The Morgan fingerprint density at radius 1 is 1.26 bits per heavy atom. The van der Waals surface area contributed by atoms with Gasteiger partial charge in [0.25, 0.3) is 0 Å². The average molecular weight is 280 g/mol. The molecule has 0 fully saturated rings. The monoisotopic (exact) mass is 279 g/mol. The fraction of sp³-hybridized carbons (Fsp3) is 0.231. The van der Waals surface area contributed by atoms with Crippen molar-refractivity contribution in [1.29, 1.82) is 0 Å². The fourth-order valence-electron chi connectivity index (χ4n) is 1.49. The van der Waals surface area contributed by atoms with Crippen molar-refractivity contribution in [2.75, 3.05) is 12.3 Å². The van der Waals surface area contributed by atoms with Crippen LogP contribution in [0.3, 0.4) is 0 Å². The SMILES string of the molecule is CCOc1ncnc(Oc2ccc(C)cc2Cl)c1N. The van der Waals surface area contributed by atoms with E-state index >= 15 is 0 Å². The topological polar surface area (TPSA) is 70.3 Å². The lowest BCUT2D eigenvalue weighted by Gasteiger charge is -2.11. The van der Waals surface area contributed by atoms with Crippen molar-refractivity contribution < 1.29 is 9.47 Å². The molecule has 19 heavy (non-hydrogen) atoms. The van der Waals surface area contributed by atoms with E-state index in [0.717, 1.165) is 5.56 Å². The van der Waals surface area contributed by atoms with Crippen molar-refractivity contribution in [1.82, 2.24) is 9.97 Å². The Morgan fingerprint density at radius 3 is 2.68 bits per heavy atom. The molecule has 0 unspecified atom stereocenters. The lowest BCUT2D eigenvalue weighted by Crippen LogP contribution is -2.03. The zero-order valence-electron chi connectivity index (χ0n) is 10.7. The third kappa shape index (κ3) is 3.06. The highest BCUT2D eigenvalue weighted by Crippen LogP contribution is 2.34. The Balaban J connectivity index is 2.30. The number of hydrogen-bond acceptors (Lipinski definition) is 5. The lowest BCUT2D eigenvalue weighted by atomic mass is 10.2. The smallest absolute Gasteiger partial charge is 0.249 e. The van der Waals surface area contributed by atoms with Crippen molar-refractivity contribution >= 4 is 17.3 Å². The van der Waals surface area contributed by atoms with Gasteiger partial charge >= 0.3 is 0 Å². The maximum absolute atomic E-state index is 6.09. The van der Waals surface area contributed by atoms with Crippen LogP contribution in [-0.2, 0) is 0 Å². The maximum atomic E-state index is 6.09. The summed E-state index contributed by atoms with van der Waals surface area (Å²) >= 11 is 6.09. The predicted octanol–water partition coefficient (Wildman–Crippen LogP) is 3.21. The van der Waals surface area contributed by atoms with Crippen LogP contribution in [0.4, 0.5) is 5.69 Å². The van der Waals surface area contributed by atoms with Gasteiger partial charge in [0.05, 0.1) is 11.6 Å². The molecule has 0 aliphatic carbocycles. The molecule has 0 aliphatic rings. The number of ether oxygens (including phenoxy) is 2. The molecule has 2 aromatic rings. The minimum atomic E-state index is 0.226. The molecule has 0 bridgehead atoms. The van der Waals surface area contributed by atoms with Gasteiger partial charge in [-0.3, -0.25) is 0 Å². The first kappa shape index (κ1) is 13.4. The van der Waals surface area contributed by atoms with Gasteiger partial charge in [-0.2, -0.15) is 9.97 Å². The molecule has 1 aromatic heterocycles. The Hall–Kier alpha value is -2.01. The van der Waals surface area contributed by atoms with Crippen molar-refractivity contribution in [3.05, 3.63) is 35.1 Å². The van der Waals surface area contributed by atoms with Gasteiger partial charge < -0.3 is 15.2 Å². The molecule has 0 spiro atoms. The lowest BCUT2D eigenvalue weighted by molar-refractivity contribution is 0.325. The summed E-state index contributed by atoms with van der Waals surface area (Å²) in [5, 5.41) is 0.496. The summed E-state index contributed by atoms with van der Waals surface area (Å²) in [4.78, 5) is 7.92. The first-order valence-corrected chi connectivity index (χ1v) is 6.17. The maximum Gasteiger partial charge on any atom is 0.249 e. The molecule has 2 rings (SSSR count). The van der Waals surface area contributed by atoms with Crippen LogP contribution in [-0.4, -0.2) is 16.6 Å². The van der Waals surface area contributed by atoms with Crippen LogP contribution in [0, 0.1) is 6.92 Å². The van der Waals surface area contributed by atoms with Crippen molar-refractivity contribution in [3.63, 3.8) is 0 Å². The van der Waals surface area contributed by atoms with Crippen LogP contribution >= 0.6 is 11.6 Å². The van der Waals surface area contributed by atoms with E-state index < -0.39 is 0 Å².